The number of ether oxygens (including phenoxy) is 2. The summed E-state index contributed by atoms with van der Waals surface area (Å²) in [7, 11) is 6.76. The largest absolute Gasteiger partial charge is 0.497 e. The first-order valence-corrected chi connectivity index (χ1v) is 9.49. The highest BCUT2D eigenvalue weighted by atomic mass is 16.5. The molecule has 1 aromatic rings. The zero-order valence-electron chi connectivity index (χ0n) is 16.9. The summed E-state index contributed by atoms with van der Waals surface area (Å²) in [5, 5.41) is 6.64. The Kier molecular flexibility index (Phi) is 8.23. The van der Waals surface area contributed by atoms with Crippen LogP contribution in [0.4, 0.5) is 0 Å². The number of amides is 1. The van der Waals surface area contributed by atoms with Crippen molar-refractivity contribution in [3.8, 4) is 11.5 Å². The number of hydrogen-bond donors (Lipinski definition) is 2. The summed E-state index contributed by atoms with van der Waals surface area (Å²) in [6.07, 6.45) is 6.02. The zero-order chi connectivity index (χ0) is 19.6. The van der Waals surface area contributed by atoms with Crippen molar-refractivity contribution in [2.45, 2.75) is 44.7 Å². The SMILES string of the molecule is COc1ccc(CN=C(NCC(=O)N(C)C)NC2CCCCC2)c(OC)c1. The number of guanidine groups is 1. The van der Waals surface area contributed by atoms with Gasteiger partial charge in [0, 0.05) is 31.8 Å². The molecule has 2 N–H and O–H groups in total. The van der Waals surface area contributed by atoms with Gasteiger partial charge in [0.05, 0.1) is 27.3 Å². The highest BCUT2D eigenvalue weighted by Crippen LogP contribution is 2.25. The van der Waals surface area contributed by atoms with Crippen molar-refractivity contribution >= 4 is 11.9 Å². The maximum atomic E-state index is 11.9. The Bertz CT molecular complexity index is 640. The first-order chi connectivity index (χ1) is 13.0. The average Bonchev–Trinajstić information content (AvgIpc) is 2.70. The van der Waals surface area contributed by atoms with Gasteiger partial charge in [0.2, 0.25) is 5.91 Å². The van der Waals surface area contributed by atoms with Crippen LogP contribution in [0.3, 0.4) is 0 Å². The molecule has 7 heteroatoms. The lowest BCUT2D eigenvalue weighted by Crippen LogP contribution is -2.47. The lowest BCUT2D eigenvalue weighted by Gasteiger charge is -2.25. The summed E-state index contributed by atoms with van der Waals surface area (Å²) in [6.45, 7) is 0.663. The predicted octanol–water partition coefficient (Wildman–Crippen LogP) is 2.16. The zero-order valence-corrected chi connectivity index (χ0v) is 16.9. The number of nitrogens with zero attached hydrogens (tertiary/aromatic N) is 2. The van der Waals surface area contributed by atoms with E-state index in [1.165, 1.54) is 19.3 Å². The summed E-state index contributed by atoms with van der Waals surface area (Å²) < 4.78 is 10.7. The van der Waals surface area contributed by atoms with Crippen LogP contribution in [0.15, 0.2) is 23.2 Å². The van der Waals surface area contributed by atoms with Crippen molar-refractivity contribution in [3.63, 3.8) is 0 Å². The third kappa shape index (κ3) is 6.66. The smallest absolute Gasteiger partial charge is 0.241 e. The van der Waals surface area contributed by atoms with Crippen molar-refractivity contribution in [1.82, 2.24) is 15.5 Å². The van der Waals surface area contributed by atoms with Gasteiger partial charge in [-0.05, 0) is 25.0 Å². The van der Waals surface area contributed by atoms with E-state index in [0.29, 0.717) is 18.5 Å². The van der Waals surface area contributed by atoms with Gasteiger partial charge in [-0.15, -0.1) is 0 Å². The topological polar surface area (TPSA) is 75.2 Å². The third-order valence-corrected chi connectivity index (χ3v) is 4.75. The van der Waals surface area contributed by atoms with Crippen LogP contribution in [0.25, 0.3) is 0 Å². The molecule has 7 nitrogen and oxygen atoms in total. The molecule has 0 spiro atoms. The quantitative estimate of drug-likeness (QED) is 0.563. The molecule has 0 aliphatic heterocycles. The molecular weight excluding hydrogens is 344 g/mol. The highest BCUT2D eigenvalue weighted by Gasteiger charge is 2.16. The molecule has 1 aromatic carbocycles. The monoisotopic (exact) mass is 376 g/mol. The first-order valence-electron chi connectivity index (χ1n) is 9.49. The highest BCUT2D eigenvalue weighted by molar-refractivity contribution is 5.86. The van der Waals surface area contributed by atoms with E-state index in [9.17, 15) is 4.79 Å². The van der Waals surface area contributed by atoms with Crippen LogP contribution >= 0.6 is 0 Å². The fourth-order valence-corrected chi connectivity index (χ4v) is 3.06. The van der Waals surface area contributed by atoms with E-state index in [1.807, 2.05) is 18.2 Å². The summed E-state index contributed by atoms with van der Waals surface area (Å²) >= 11 is 0. The van der Waals surface area contributed by atoms with E-state index < -0.39 is 0 Å². The van der Waals surface area contributed by atoms with Crippen molar-refractivity contribution in [2.75, 3.05) is 34.9 Å². The van der Waals surface area contributed by atoms with Gasteiger partial charge in [-0.3, -0.25) is 4.79 Å². The molecule has 0 unspecified atom stereocenters. The molecule has 1 fully saturated rings. The number of carbonyl (C=O) groups excluding carboxylic acids is 1. The van der Waals surface area contributed by atoms with Crippen LogP contribution in [0.2, 0.25) is 0 Å². The molecule has 0 heterocycles. The van der Waals surface area contributed by atoms with Gasteiger partial charge in [0.15, 0.2) is 5.96 Å². The summed E-state index contributed by atoms with van der Waals surface area (Å²) in [4.78, 5) is 18.2. The van der Waals surface area contributed by atoms with Gasteiger partial charge in [-0.2, -0.15) is 0 Å². The second kappa shape index (κ2) is 10.6. The number of rotatable bonds is 7. The lowest BCUT2D eigenvalue weighted by molar-refractivity contribution is -0.127. The van der Waals surface area contributed by atoms with E-state index in [2.05, 4.69) is 15.6 Å². The molecule has 0 aromatic heterocycles. The van der Waals surface area contributed by atoms with Crippen molar-refractivity contribution in [1.29, 1.82) is 0 Å². The molecular formula is C20H32N4O3. The minimum atomic E-state index is 0.00942. The van der Waals surface area contributed by atoms with Crippen LogP contribution in [-0.2, 0) is 11.3 Å². The normalized spacial score (nSPS) is 15.2. The second-order valence-electron chi connectivity index (χ2n) is 6.96. The minimum Gasteiger partial charge on any atom is -0.497 e. The van der Waals surface area contributed by atoms with Crippen LogP contribution in [0.5, 0.6) is 11.5 Å². The van der Waals surface area contributed by atoms with Crippen LogP contribution < -0.4 is 20.1 Å². The Hall–Kier alpha value is -2.44. The van der Waals surface area contributed by atoms with Gasteiger partial charge in [0.1, 0.15) is 11.5 Å². The fraction of sp³-hybridized carbons (Fsp3) is 0.600. The molecule has 1 saturated carbocycles. The Morgan fingerprint density at radius 1 is 1.19 bits per heavy atom. The number of methoxy groups -OCH3 is 2. The average molecular weight is 377 g/mol. The number of likely N-dealkylation sites (N-methyl/N-ethyl adjacent to an activating group) is 1. The molecule has 150 valence electrons. The number of aliphatic imine (C=N–C) groups is 1. The summed E-state index contributed by atoms with van der Waals surface area (Å²) in [5.41, 5.74) is 0.960. The van der Waals surface area contributed by atoms with E-state index in [1.54, 1.807) is 33.2 Å². The molecule has 27 heavy (non-hydrogen) atoms. The van der Waals surface area contributed by atoms with Gasteiger partial charge >= 0.3 is 0 Å². The molecule has 0 atom stereocenters. The second-order valence-corrected chi connectivity index (χ2v) is 6.96. The van der Waals surface area contributed by atoms with Crippen LogP contribution in [0, 0.1) is 0 Å². The Labute approximate surface area is 162 Å². The molecule has 1 aliphatic rings. The Morgan fingerprint density at radius 2 is 1.93 bits per heavy atom. The standard InChI is InChI=1S/C20H32N4O3/c1-24(2)19(25)14-22-20(23-16-8-6-5-7-9-16)21-13-15-10-11-17(26-3)12-18(15)27-4/h10-12,16H,5-9,13-14H2,1-4H3,(H2,21,22,23). The maximum Gasteiger partial charge on any atom is 0.241 e. The number of hydrogen-bond acceptors (Lipinski definition) is 4. The van der Waals surface area contributed by atoms with Crippen LogP contribution in [0.1, 0.15) is 37.7 Å². The van der Waals surface area contributed by atoms with Crippen molar-refractivity contribution < 1.29 is 14.3 Å². The Balaban J connectivity index is 2.09. The molecule has 1 aliphatic carbocycles. The van der Waals surface area contributed by atoms with Gasteiger partial charge in [-0.25, -0.2) is 4.99 Å². The first kappa shape index (κ1) is 20.9. The third-order valence-electron chi connectivity index (χ3n) is 4.75. The van der Waals surface area contributed by atoms with Gasteiger partial charge in [0.25, 0.3) is 0 Å². The van der Waals surface area contributed by atoms with Crippen molar-refractivity contribution in [3.05, 3.63) is 23.8 Å². The van der Waals surface area contributed by atoms with Gasteiger partial charge < -0.3 is 25.0 Å². The van der Waals surface area contributed by atoms with Crippen molar-refractivity contribution in [2.24, 2.45) is 4.99 Å². The number of benzene rings is 1. The van der Waals surface area contributed by atoms with E-state index in [-0.39, 0.29) is 12.5 Å². The lowest BCUT2D eigenvalue weighted by atomic mass is 9.96. The van der Waals surface area contributed by atoms with E-state index in [0.717, 1.165) is 29.9 Å². The molecule has 0 bridgehead atoms. The molecule has 0 saturated heterocycles. The summed E-state index contributed by atoms with van der Waals surface area (Å²) in [6, 6.07) is 6.09. The number of carbonyl (C=O) groups is 1. The van der Waals surface area contributed by atoms with E-state index in [4.69, 9.17) is 9.47 Å². The van der Waals surface area contributed by atoms with Gasteiger partial charge in [-0.1, -0.05) is 19.3 Å². The maximum absolute atomic E-state index is 11.9. The molecule has 2 rings (SSSR count). The molecule has 1 amide bonds. The minimum absolute atomic E-state index is 0.00942. The van der Waals surface area contributed by atoms with E-state index >= 15 is 0 Å². The van der Waals surface area contributed by atoms with Crippen LogP contribution in [-0.4, -0.2) is 57.7 Å². The molecule has 0 radical (unpaired) electrons. The predicted molar refractivity (Wildman–Crippen MR) is 107 cm³/mol. The number of nitrogens with one attached hydrogen (secondary N) is 2. The summed E-state index contributed by atoms with van der Waals surface area (Å²) in [5.74, 6) is 2.15. The Morgan fingerprint density at radius 3 is 2.56 bits per heavy atom. The fourth-order valence-electron chi connectivity index (χ4n) is 3.06.